The van der Waals surface area contributed by atoms with Crippen LogP contribution >= 0.6 is 11.6 Å². The summed E-state index contributed by atoms with van der Waals surface area (Å²) >= 11 is 6.21. The van der Waals surface area contributed by atoms with Crippen LogP contribution in [0, 0.1) is 12.0 Å². The van der Waals surface area contributed by atoms with Crippen LogP contribution in [0.4, 0.5) is 0 Å². The summed E-state index contributed by atoms with van der Waals surface area (Å²) in [5.74, 6) is 2.92. The van der Waals surface area contributed by atoms with Gasteiger partial charge in [0, 0.05) is 13.0 Å². The van der Waals surface area contributed by atoms with Crippen molar-refractivity contribution in [3.63, 3.8) is 0 Å². The van der Waals surface area contributed by atoms with Crippen LogP contribution in [0.5, 0.6) is 5.75 Å². The largest absolute Gasteiger partial charge is 0.406 e. The summed E-state index contributed by atoms with van der Waals surface area (Å²) in [7, 11) is 0. The summed E-state index contributed by atoms with van der Waals surface area (Å²) in [6, 6.07) is 14.7. The van der Waals surface area contributed by atoms with E-state index in [-0.39, 0.29) is 10.9 Å². The summed E-state index contributed by atoms with van der Waals surface area (Å²) in [6.07, 6.45) is 3.24. The molecule has 3 nitrogen and oxygen atoms in total. The van der Waals surface area contributed by atoms with Crippen molar-refractivity contribution in [3.8, 4) is 17.8 Å². The fourth-order valence-corrected chi connectivity index (χ4v) is 2.05. The molecule has 22 heavy (non-hydrogen) atoms. The maximum absolute atomic E-state index is 12.2. The average molecular weight is 314 g/mol. The van der Waals surface area contributed by atoms with E-state index in [0.717, 1.165) is 5.56 Å². The van der Waals surface area contributed by atoms with E-state index >= 15 is 0 Å². The first kappa shape index (κ1) is 15.9. The number of ether oxygens (including phenoxy) is 1. The molecule has 0 atom stereocenters. The SMILES string of the molecule is CCC#COc1cccc(C(=O)NCc2ccccc2)c1Cl. The third kappa shape index (κ3) is 4.28. The number of carbonyl (C=O) groups is 1. The Labute approximate surface area is 135 Å². The Bertz CT molecular complexity index is 702. The van der Waals surface area contributed by atoms with E-state index in [9.17, 15) is 4.79 Å². The smallest absolute Gasteiger partial charge is 0.253 e. The Hall–Kier alpha value is -2.44. The molecule has 1 amide bonds. The molecule has 0 heterocycles. The number of halogens is 1. The first-order chi connectivity index (χ1) is 10.7. The maximum Gasteiger partial charge on any atom is 0.253 e. The summed E-state index contributed by atoms with van der Waals surface area (Å²) in [4.78, 5) is 12.2. The Kier molecular flexibility index (Phi) is 5.88. The summed E-state index contributed by atoms with van der Waals surface area (Å²) < 4.78 is 5.26. The number of carbonyl (C=O) groups excluding carboxylic acids is 1. The second-order valence-corrected chi connectivity index (χ2v) is 4.90. The van der Waals surface area contributed by atoms with Crippen molar-refractivity contribution in [1.29, 1.82) is 0 Å². The molecule has 0 fully saturated rings. The van der Waals surface area contributed by atoms with E-state index in [1.54, 1.807) is 18.2 Å². The third-order valence-corrected chi connectivity index (χ3v) is 3.30. The quantitative estimate of drug-likeness (QED) is 0.866. The van der Waals surface area contributed by atoms with E-state index in [2.05, 4.69) is 17.3 Å². The van der Waals surface area contributed by atoms with E-state index in [4.69, 9.17) is 16.3 Å². The van der Waals surface area contributed by atoms with Crippen LogP contribution in [0.25, 0.3) is 0 Å². The van der Waals surface area contributed by atoms with E-state index in [0.29, 0.717) is 24.3 Å². The van der Waals surface area contributed by atoms with Gasteiger partial charge in [-0.05, 0) is 17.7 Å². The third-order valence-electron chi connectivity index (χ3n) is 2.91. The molecule has 112 valence electrons. The number of amides is 1. The number of rotatable bonds is 4. The van der Waals surface area contributed by atoms with Crippen molar-refractivity contribution in [3.05, 3.63) is 64.7 Å². The standard InChI is InChI=1S/C18H16ClNO2/c1-2-3-12-22-16-11-7-10-15(17(16)19)18(21)20-13-14-8-5-4-6-9-14/h4-11H,2,13H2,1H3,(H,20,21). The summed E-state index contributed by atoms with van der Waals surface area (Å²) in [6.45, 7) is 2.36. The molecule has 1 N–H and O–H groups in total. The van der Waals surface area contributed by atoms with Crippen LogP contribution in [-0.2, 0) is 6.54 Å². The molecule has 0 bridgehead atoms. The normalized spacial score (nSPS) is 9.55. The van der Waals surface area contributed by atoms with Gasteiger partial charge in [-0.3, -0.25) is 4.79 Å². The number of benzene rings is 2. The van der Waals surface area contributed by atoms with Crippen molar-refractivity contribution in [2.75, 3.05) is 0 Å². The fourth-order valence-electron chi connectivity index (χ4n) is 1.80. The van der Waals surface area contributed by atoms with Crippen LogP contribution in [0.15, 0.2) is 48.5 Å². The Morgan fingerprint density at radius 1 is 1.18 bits per heavy atom. The van der Waals surface area contributed by atoms with Gasteiger partial charge >= 0.3 is 0 Å². The molecule has 2 rings (SSSR count). The number of nitrogens with one attached hydrogen (secondary N) is 1. The second-order valence-electron chi connectivity index (χ2n) is 4.52. The maximum atomic E-state index is 12.2. The van der Waals surface area contributed by atoms with Crippen LogP contribution in [-0.4, -0.2) is 5.91 Å². The highest BCUT2D eigenvalue weighted by atomic mass is 35.5. The van der Waals surface area contributed by atoms with Gasteiger partial charge in [0.2, 0.25) is 0 Å². The summed E-state index contributed by atoms with van der Waals surface area (Å²) in [5.41, 5.74) is 1.39. The highest BCUT2D eigenvalue weighted by molar-refractivity contribution is 6.35. The lowest BCUT2D eigenvalue weighted by atomic mass is 10.2. The highest BCUT2D eigenvalue weighted by Gasteiger charge is 2.13. The molecular weight excluding hydrogens is 298 g/mol. The minimum atomic E-state index is -0.247. The molecular formula is C18H16ClNO2. The van der Waals surface area contributed by atoms with Gasteiger partial charge < -0.3 is 10.1 Å². The molecule has 2 aromatic carbocycles. The predicted octanol–water partition coefficient (Wildman–Crippen LogP) is 4.02. The summed E-state index contributed by atoms with van der Waals surface area (Å²) in [5, 5.41) is 3.10. The van der Waals surface area contributed by atoms with Gasteiger partial charge in [0.05, 0.1) is 10.6 Å². The minimum Gasteiger partial charge on any atom is -0.406 e. The molecule has 0 unspecified atom stereocenters. The van der Waals surface area contributed by atoms with Crippen LogP contribution in [0.3, 0.4) is 0 Å². The van der Waals surface area contributed by atoms with Gasteiger partial charge in [0.25, 0.3) is 5.91 Å². The topological polar surface area (TPSA) is 38.3 Å². The molecule has 0 saturated heterocycles. The lowest BCUT2D eigenvalue weighted by Gasteiger charge is -2.08. The Morgan fingerprint density at radius 2 is 1.95 bits per heavy atom. The van der Waals surface area contributed by atoms with Gasteiger partial charge in [0.1, 0.15) is 6.11 Å². The first-order valence-corrected chi connectivity index (χ1v) is 7.35. The molecule has 0 aromatic heterocycles. The molecule has 0 spiro atoms. The van der Waals surface area contributed by atoms with E-state index < -0.39 is 0 Å². The average Bonchev–Trinajstić information content (AvgIpc) is 2.55. The molecule has 0 aliphatic heterocycles. The van der Waals surface area contributed by atoms with Crippen LogP contribution < -0.4 is 10.1 Å². The zero-order chi connectivity index (χ0) is 15.8. The monoisotopic (exact) mass is 313 g/mol. The zero-order valence-corrected chi connectivity index (χ0v) is 13.0. The van der Waals surface area contributed by atoms with E-state index in [1.165, 1.54) is 0 Å². The number of hydrogen-bond donors (Lipinski definition) is 1. The van der Waals surface area contributed by atoms with Crippen molar-refractivity contribution in [2.45, 2.75) is 19.9 Å². The van der Waals surface area contributed by atoms with Crippen molar-refractivity contribution in [1.82, 2.24) is 5.32 Å². The van der Waals surface area contributed by atoms with Crippen molar-refractivity contribution in [2.24, 2.45) is 0 Å². The predicted molar refractivity (Wildman–Crippen MR) is 87.8 cm³/mol. The lowest BCUT2D eigenvalue weighted by molar-refractivity contribution is 0.0951. The minimum absolute atomic E-state index is 0.247. The van der Waals surface area contributed by atoms with Gasteiger partial charge in [0.15, 0.2) is 5.75 Å². The number of hydrogen-bond acceptors (Lipinski definition) is 2. The molecule has 2 aromatic rings. The molecule has 4 heteroatoms. The molecule has 0 saturated carbocycles. The van der Waals surface area contributed by atoms with E-state index in [1.807, 2.05) is 37.3 Å². The second kappa shape index (κ2) is 8.11. The first-order valence-electron chi connectivity index (χ1n) is 6.97. The Balaban J connectivity index is 2.07. The molecule has 0 radical (unpaired) electrons. The van der Waals surface area contributed by atoms with Gasteiger partial charge in [-0.25, -0.2) is 0 Å². The van der Waals surface area contributed by atoms with Crippen molar-refractivity contribution < 1.29 is 9.53 Å². The molecule has 0 aliphatic rings. The van der Waals surface area contributed by atoms with Crippen LogP contribution in [0.2, 0.25) is 5.02 Å². The van der Waals surface area contributed by atoms with Gasteiger partial charge in [-0.2, -0.15) is 0 Å². The van der Waals surface area contributed by atoms with Gasteiger partial charge in [-0.1, -0.05) is 60.8 Å². The van der Waals surface area contributed by atoms with Crippen molar-refractivity contribution >= 4 is 17.5 Å². The zero-order valence-electron chi connectivity index (χ0n) is 12.2. The van der Waals surface area contributed by atoms with Crippen LogP contribution in [0.1, 0.15) is 29.3 Å². The lowest BCUT2D eigenvalue weighted by Crippen LogP contribution is -2.23. The highest BCUT2D eigenvalue weighted by Crippen LogP contribution is 2.28. The fraction of sp³-hybridized carbons (Fsp3) is 0.167. The Morgan fingerprint density at radius 3 is 2.68 bits per heavy atom. The van der Waals surface area contributed by atoms with Gasteiger partial charge in [-0.15, -0.1) is 0 Å². The molecule has 0 aliphatic carbocycles.